The molecule has 6 heteroatoms. The van der Waals surface area contributed by atoms with Crippen molar-refractivity contribution in [2.45, 2.75) is 37.8 Å². The topological polar surface area (TPSA) is 58.2 Å². The Labute approximate surface area is 204 Å². The van der Waals surface area contributed by atoms with Gasteiger partial charge in [0.15, 0.2) is 0 Å². The Bertz CT molecular complexity index is 1290. The van der Waals surface area contributed by atoms with Gasteiger partial charge in [-0.2, -0.15) is 0 Å². The largest absolute Gasteiger partial charge is 0.347 e. The van der Waals surface area contributed by atoms with Gasteiger partial charge < -0.3 is 10.6 Å². The van der Waals surface area contributed by atoms with Crippen LogP contribution in [0.4, 0.5) is 0 Å². The maximum Gasteiger partial charge on any atom is 0.252 e. The van der Waals surface area contributed by atoms with E-state index in [4.69, 9.17) is 0 Å². The molecule has 0 radical (unpaired) electrons. The van der Waals surface area contributed by atoms with Crippen LogP contribution in [0.15, 0.2) is 72.8 Å². The third-order valence-electron chi connectivity index (χ3n) is 6.78. The summed E-state index contributed by atoms with van der Waals surface area (Å²) in [6.07, 6.45) is 3.75. The van der Waals surface area contributed by atoms with Crippen LogP contribution in [0, 0.1) is 0 Å². The van der Waals surface area contributed by atoms with Gasteiger partial charge in [0.2, 0.25) is 0 Å². The van der Waals surface area contributed by atoms with E-state index in [1.54, 1.807) is 0 Å². The Balaban J connectivity index is 1.40. The van der Waals surface area contributed by atoms with Crippen LogP contribution in [-0.4, -0.2) is 23.9 Å². The Kier molecular flexibility index (Phi) is 6.63. The molecule has 5 rings (SSSR count). The molecule has 4 aromatic carbocycles. The molecule has 0 saturated heterocycles. The lowest BCUT2D eigenvalue weighted by atomic mass is 9.89. The van der Waals surface area contributed by atoms with E-state index in [-0.39, 0.29) is 23.9 Å². The van der Waals surface area contributed by atoms with Crippen molar-refractivity contribution in [2.75, 3.05) is 0 Å². The summed E-state index contributed by atoms with van der Waals surface area (Å²) in [4.78, 5) is 26.9. The standard InChI is InChI=1S/C28H28N2O2P2/c31-27(25-19-9-3-1-7-17(19)13-15-23(25)33)29-21-11-5-6-12-22(21)30-28(32)26-20-10-4-2-8-18(20)14-16-24(26)34/h1-4,7-10,13-16,21-22H,5-6,11-12,33-34H2,(H,29,31)(H,30,32)/t21-,22-/m1/s1. The van der Waals surface area contributed by atoms with Crippen LogP contribution in [0.1, 0.15) is 46.4 Å². The molecule has 4 aromatic rings. The summed E-state index contributed by atoms with van der Waals surface area (Å²) < 4.78 is 0. The van der Waals surface area contributed by atoms with Gasteiger partial charge in [-0.25, -0.2) is 0 Å². The van der Waals surface area contributed by atoms with E-state index < -0.39 is 0 Å². The highest BCUT2D eigenvalue weighted by atomic mass is 31.0. The predicted octanol–water partition coefficient (Wildman–Crippen LogP) is 4.46. The Morgan fingerprint density at radius 3 is 1.47 bits per heavy atom. The lowest BCUT2D eigenvalue weighted by Crippen LogP contribution is -2.53. The van der Waals surface area contributed by atoms with Gasteiger partial charge in [-0.15, -0.1) is 18.5 Å². The van der Waals surface area contributed by atoms with Gasteiger partial charge in [-0.05, 0) is 45.0 Å². The Morgan fingerprint density at radius 1 is 0.618 bits per heavy atom. The van der Waals surface area contributed by atoms with Gasteiger partial charge >= 0.3 is 0 Å². The van der Waals surface area contributed by atoms with Gasteiger partial charge in [0.1, 0.15) is 0 Å². The van der Waals surface area contributed by atoms with E-state index in [2.05, 4.69) is 29.1 Å². The summed E-state index contributed by atoms with van der Waals surface area (Å²) in [7, 11) is 5.36. The summed E-state index contributed by atoms with van der Waals surface area (Å²) in [5.74, 6) is -0.185. The second-order valence-electron chi connectivity index (χ2n) is 8.95. The van der Waals surface area contributed by atoms with Gasteiger partial charge in [0.05, 0.1) is 11.1 Å². The van der Waals surface area contributed by atoms with Gasteiger partial charge in [0, 0.05) is 12.1 Å². The highest BCUT2D eigenvalue weighted by Gasteiger charge is 2.30. The molecule has 1 aliphatic carbocycles. The minimum absolute atomic E-state index is 0.0927. The van der Waals surface area contributed by atoms with E-state index in [9.17, 15) is 9.59 Å². The number of carbonyl (C=O) groups is 2. The molecule has 4 nitrogen and oxygen atoms in total. The first-order chi connectivity index (χ1) is 16.5. The number of nitrogens with one attached hydrogen (secondary N) is 2. The molecule has 2 amide bonds. The summed E-state index contributed by atoms with van der Waals surface area (Å²) in [5, 5.41) is 12.2. The zero-order chi connectivity index (χ0) is 23.7. The molecule has 2 N–H and O–H groups in total. The molecule has 34 heavy (non-hydrogen) atoms. The van der Waals surface area contributed by atoms with Crippen molar-refractivity contribution in [2.24, 2.45) is 0 Å². The van der Waals surface area contributed by atoms with Crippen molar-refractivity contribution in [3.8, 4) is 0 Å². The maximum atomic E-state index is 13.4. The van der Waals surface area contributed by atoms with Crippen molar-refractivity contribution in [3.05, 3.63) is 83.9 Å². The molecule has 1 saturated carbocycles. The Morgan fingerprint density at radius 2 is 1.03 bits per heavy atom. The van der Waals surface area contributed by atoms with E-state index in [1.165, 1.54) is 0 Å². The highest BCUT2D eigenvalue weighted by Crippen LogP contribution is 2.24. The number of hydrogen-bond donors (Lipinski definition) is 2. The minimum Gasteiger partial charge on any atom is -0.347 e. The zero-order valence-corrected chi connectivity index (χ0v) is 21.2. The molecule has 0 aromatic heterocycles. The van der Waals surface area contributed by atoms with Crippen molar-refractivity contribution in [3.63, 3.8) is 0 Å². The van der Waals surface area contributed by atoms with Crippen LogP contribution < -0.4 is 21.2 Å². The third-order valence-corrected chi connectivity index (χ3v) is 7.74. The first-order valence-electron chi connectivity index (χ1n) is 11.7. The monoisotopic (exact) mass is 486 g/mol. The number of hydrogen-bond acceptors (Lipinski definition) is 2. The first kappa shape index (κ1) is 23.0. The van der Waals surface area contributed by atoms with Crippen molar-refractivity contribution in [1.82, 2.24) is 10.6 Å². The van der Waals surface area contributed by atoms with E-state index in [0.717, 1.165) is 57.8 Å². The van der Waals surface area contributed by atoms with E-state index in [1.807, 2.05) is 72.8 Å². The molecule has 0 bridgehead atoms. The summed E-state index contributed by atoms with van der Waals surface area (Å²) in [5.41, 5.74) is 1.36. The normalized spacial score (nSPS) is 18.1. The lowest BCUT2D eigenvalue weighted by Gasteiger charge is -2.33. The molecule has 0 aliphatic heterocycles. The fraction of sp³-hybridized carbons (Fsp3) is 0.214. The second-order valence-corrected chi connectivity index (χ2v) is 10.2. The van der Waals surface area contributed by atoms with Crippen molar-refractivity contribution in [1.29, 1.82) is 0 Å². The smallest absolute Gasteiger partial charge is 0.252 e. The summed E-state index contributed by atoms with van der Waals surface area (Å²) >= 11 is 0. The lowest BCUT2D eigenvalue weighted by molar-refractivity contribution is 0.0865. The van der Waals surface area contributed by atoms with Crippen LogP contribution >= 0.6 is 18.5 Å². The predicted molar refractivity (Wildman–Crippen MR) is 148 cm³/mol. The number of fused-ring (bicyclic) bond motifs is 2. The van der Waals surface area contributed by atoms with E-state index in [0.29, 0.717) is 11.1 Å². The van der Waals surface area contributed by atoms with Gasteiger partial charge in [-0.1, -0.05) is 85.6 Å². The van der Waals surface area contributed by atoms with Crippen LogP contribution in [0.2, 0.25) is 0 Å². The average molecular weight is 486 g/mol. The fourth-order valence-corrected chi connectivity index (χ4v) is 5.81. The number of amides is 2. The maximum absolute atomic E-state index is 13.4. The van der Waals surface area contributed by atoms with Crippen molar-refractivity contribution < 1.29 is 9.59 Å². The molecule has 2 unspecified atom stereocenters. The number of benzene rings is 4. The molecule has 0 heterocycles. The highest BCUT2D eigenvalue weighted by molar-refractivity contribution is 7.28. The molecule has 4 atom stereocenters. The van der Waals surface area contributed by atoms with Gasteiger partial charge in [0.25, 0.3) is 11.8 Å². The molecular weight excluding hydrogens is 458 g/mol. The third kappa shape index (κ3) is 4.45. The average Bonchev–Trinajstić information content (AvgIpc) is 2.85. The van der Waals surface area contributed by atoms with Gasteiger partial charge in [-0.3, -0.25) is 9.59 Å². The Hall–Kier alpha value is -2.80. The first-order valence-corrected chi connectivity index (χ1v) is 12.8. The molecule has 172 valence electrons. The van der Waals surface area contributed by atoms with Crippen molar-refractivity contribution >= 4 is 62.4 Å². The minimum atomic E-state index is -0.114. The molecular formula is C28H28N2O2P2. The summed E-state index contributed by atoms with van der Waals surface area (Å²) in [6.45, 7) is 0. The van der Waals surface area contributed by atoms with E-state index >= 15 is 0 Å². The molecule has 0 spiro atoms. The number of carbonyl (C=O) groups excluding carboxylic acids is 2. The SMILES string of the molecule is O=C(N[C@@H]1CCCC[C@H]1NC(=O)c1c(P)ccc2ccccc12)c1c(P)ccc2ccccc12. The van der Waals surface area contributed by atoms with Crippen LogP contribution in [0.25, 0.3) is 21.5 Å². The van der Waals surface area contributed by atoms with Crippen LogP contribution in [-0.2, 0) is 0 Å². The fourth-order valence-electron chi connectivity index (χ4n) is 5.04. The number of rotatable bonds is 4. The zero-order valence-electron chi connectivity index (χ0n) is 18.9. The second kappa shape index (κ2) is 9.82. The quantitative estimate of drug-likeness (QED) is 0.419. The van der Waals surface area contributed by atoms with Crippen LogP contribution in [0.5, 0.6) is 0 Å². The molecule has 1 aliphatic rings. The molecule has 1 fully saturated rings. The van der Waals surface area contributed by atoms with Crippen LogP contribution in [0.3, 0.4) is 0 Å². The summed E-state index contributed by atoms with van der Waals surface area (Å²) in [6, 6.07) is 23.6.